The van der Waals surface area contributed by atoms with Gasteiger partial charge in [0.1, 0.15) is 5.75 Å². The molecule has 0 spiro atoms. The van der Waals surface area contributed by atoms with E-state index in [0.717, 1.165) is 5.75 Å². The van der Waals surface area contributed by atoms with Gasteiger partial charge in [-0.3, -0.25) is 9.78 Å². The van der Waals surface area contributed by atoms with Gasteiger partial charge >= 0.3 is 0 Å². The maximum absolute atomic E-state index is 12.1. The molecule has 0 bridgehead atoms. The number of benzene rings is 2. The van der Waals surface area contributed by atoms with Crippen LogP contribution in [0.1, 0.15) is 33.5 Å². The van der Waals surface area contributed by atoms with E-state index in [4.69, 9.17) is 14.2 Å². The quantitative estimate of drug-likeness (QED) is 0.293. The van der Waals surface area contributed by atoms with E-state index in [1.807, 2.05) is 30.3 Å². The second kappa shape index (κ2) is 11.5. The Balaban J connectivity index is 1.56. The van der Waals surface area contributed by atoms with Crippen molar-refractivity contribution in [3.63, 3.8) is 0 Å². The lowest BCUT2D eigenvalue weighted by molar-refractivity contribution is 0.0955. The number of nitrogens with one attached hydrogen (secondary N) is 1. The number of carbonyl (C=O) groups is 1. The van der Waals surface area contributed by atoms with Gasteiger partial charge in [-0.25, -0.2) is 5.43 Å². The number of aromatic nitrogens is 1. The molecule has 1 aromatic heterocycles. The van der Waals surface area contributed by atoms with Gasteiger partial charge in [0.15, 0.2) is 11.5 Å². The van der Waals surface area contributed by atoms with Crippen molar-refractivity contribution in [2.24, 2.45) is 5.10 Å². The summed E-state index contributed by atoms with van der Waals surface area (Å²) in [6.07, 6.45) is 5.33. The van der Waals surface area contributed by atoms with Crippen LogP contribution in [0.3, 0.4) is 0 Å². The van der Waals surface area contributed by atoms with Crippen molar-refractivity contribution in [3.8, 4) is 17.2 Å². The number of methoxy groups -OCH3 is 1. The molecule has 0 aliphatic heterocycles. The number of amides is 1. The summed E-state index contributed by atoms with van der Waals surface area (Å²) in [5, 5.41) is 4.05. The Kier molecular flexibility index (Phi) is 8.20. The summed E-state index contributed by atoms with van der Waals surface area (Å²) in [5.41, 5.74) is 6.11. The van der Waals surface area contributed by atoms with Gasteiger partial charge in [-0.2, -0.15) is 5.10 Å². The molecule has 7 heteroatoms. The average Bonchev–Trinajstić information content (AvgIpc) is 2.82. The van der Waals surface area contributed by atoms with Crippen molar-refractivity contribution in [2.45, 2.75) is 20.3 Å². The maximum atomic E-state index is 12.1. The lowest BCUT2D eigenvalue weighted by Crippen LogP contribution is -2.17. The normalized spacial score (nSPS) is 10.7. The van der Waals surface area contributed by atoms with Gasteiger partial charge in [0.25, 0.3) is 5.91 Å². The summed E-state index contributed by atoms with van der Waals surface area (Å²) in [6.45, 7) is 5.11. The predicted octanol–water partition coefficient (Wildman–Crippen LogP) is 4.32. The number of hydrogen-bond donors (Lipinski definition) is 1. The molecule has 32 heavy (non-hydrogen) atoms. The zero-order chi connectivity index (χ0) is 22.8. The number of rotatable bonds is 10. The number of aryl methyl sites for hydroxylation is 2. The van der Waals surface area contributed by atoms with Crippen molar-refractivity contribution in [1.82, 2.24) is 10.4 Å². The van der Waals surface area contributed by atoms with Crippen molar-refractivity contribution in [1.29, 1.82) is 0 Å². The highest BCUT2D eigenvalue weighted by atomic mass is 16.5. The van der Waals surface area contributed by atoms with Gasteiger partial charge in [0.2, 0.25) is 0 Å². The summed E-state index contributed by atoms with van der Waals surface area (Å²) in [6, 6.07) is 14.8. The molecular formula is C25H27N3O4. The van der Waals surface area contributed by atoms with Gasteiger partial charge in [-0.1, -0.05) is 12.1 Å². The first-order valence-electron chi connectivity index (χ1n) is 10.3. The Bertz CT molecular complexity index is 1070. The van der Waals surface area contributed by atoms with Crippen LogP contribution in [0.4, 0.5) is 0 Å². The van der Waals surface area contributed by atoms with Crippen LogP contribution < -0.4 is 19.6 Å². The molecule has 3 aromatic rings. The number of pyridine rings is 1. The molecule has 0 radical (unpaired) electrons. The number of hydrogen-bond acceptors (Lipinski definition) is 6. The SMILES string of the molecule is COc1cccc(/C=N\NC(=O)c2ccncc2)c1OCCCOc1ccc(C)c(C)c1. The van der Waals surface area contributed by atoms with Crippen molar-refractivity contribution in [3.05, 3.63) is 83.2 Å². The third-order valence-corrected chi connectivity index (χ3v) is 4.82. The molecule has 3 rings (SSSR count). The molecule has 1 amide bonds. The van der Waals surface area contributed by atoms with Gasteiger partial charge in [-0.15, -0.1) is 0 Å². The molecule has 0 saturated carbocycles. The molecule has 0 atom stereocenters. The van der Waals surface area contributed by atoms with Crippen LogP contribution in [-0.4, -0.2) is 37.4 Å². The van der Waals surface area contributed by atoms with E-state index in [9.17, 15) is 4.79 Å². The molecule has 166 valence electrons. The van der Waals surface area contributed by atoms with Crippen LogP contribution in [0.2, 0.25) is 0 Å². The van der Waals surface area contributed by atoms with E-state index < -0.39 is 0 Å². The number of carbonyl (C=O) groups excluding carboxylic acids is 1. The highest BCUT2D eigenvalue weighted by Gasteiger charge is 2.10. The highest BCUT2D eigenvalue weighted by molar-refractivity contribution is 5.95. The Labute approximate surface area is 188 Å². The maximum Gasteiger partial charge on any atom is 0.271 e. The molecule has 0 saturated heterocycles. The molecule has 0 aliphatic carbocycles. The van der Waals surface area contributed by atoms with Crippen LogP contribution >= 0.6 is 0 Å². The fraction of sp³-hybridized carbons (Fsp3) is 0.240. The van der Waals surface area contributed by atoms with Crippen LogP contribution in [0.15, 0.2) is 66.0 Å². The molecule has 0 fully saturated rings. The largest absolute Gasteiger partial charge is 0.493 e. The first-order chi connectivity index (χ1) is 15.6. The number of nitrogens with zero attached hydrogens (tertiary/aromatic N) is 2. The van der Waals surface area contributed by atoms with Gasteiger partial charge in [-0.05, 0) is 61.4 Å². The molecule has 0 unspecified atom stereocenters. The molecule has 2 aromatic carbocycles. The zero-order valence-electron chi connectivity index (χ0n) is 18.5. The number of ether oxygens (including phenoxy) is 3. The Morgan fingerprint density at radius 2 is 1.81 bits per heavy atom. The monoisotopic (exact) mass is 433 g/mol. The molecule has 1 heterocycles. The Morgan fingerprint density at radius 1 is 1.03 bits per heavy atom. The van der Waals surface area contributed by atoms with Gasteiger partial charge < -0.3 is 14.2 Å². The lowest BCUT2D eigenvalue weighted by Gasteiger charge is -2.13. The Morgan fingerprint density at radius 3 is 2.56 bits per heavy atom. The summed E-state index contributed by atoms with van der Waals surface area (Å²) >= 11 is 0. The first-order valence-corrected chi connectivity index (χ1v) is 10.3. The van der Waals surface area contributed by atoms with Crippen LogP contribution in [0.25, 0.3) is 0 Å². The van der Waals surface area contributed by atoms with E-state index in [1.54, 1.807) is 31.6 Å². The molecule has 7 nitrogen and oxygen atoms in total. The van der Waals surface area contributed by atoms with E-state index in [-0.39, 0.29) is 5.91 Å². The minimum absolute atomic E-state index is 0.322. The number of hydrazone groups is 1. The first kappa shape index (κ1) is 22.8. The van der Waals surface area contributed by atoms with Gasteiger partial charge in [0.05, 0.1) is 26.5 Å². The van der Waals surface area contributed by atoms with Crippen LogP contribution in [-0.2, 0) is 0 Å². The van der Waals surface area contributed by atoms with E-state index >= 15 is 0 Å². The highest BCUT2D eigenvalue weighted by Crippen LogP contribution is 2.30. The molecular weight excluding hydrogens is 406 g/mol. The lowest BCUT2D eigenvalue weighted by atomic mass is 10.1. The second-order valence-electron chi connectivity index (χ2n) is 7.11. The summed E-state index contributed by atoms with van der Waals surface area (Å²) in [5.74, 6) is 1.67. The standard InChI is InChI=1S/C25H27N3O4/c1-18-8-9-22(16-19(18)2)31-14-5-15-32-24-21(6-4-7-23(24)30-3)17-27-28-25(29)20-10-12-26-13-11-20/h4,6-13,16-17H,5,14-15H2,1-3H3,(H,28,29)/b27-17-. The van der Waals surface area contributed by atoms with Crippen molar-refractivity contribution >= 4 is 12.1 Å². The smallest absolute Gasteiger partial charge is 0.271 e. The van der Waals surface area contributed by atoms with E-state index in [1.165, 1.54) is 17.3 Å². The Hall–Kier alpha value is -3.87. The van der Waals surface area contributed by atoms with Crippen LogP contribution in [0, 0.1) is 13.8 Å². The topological polar surface area (TPSA) is 82.0 Å². The van der Waals surface area contributed by atoms with Crippen molar-refractivity contribution in [2.75, 3.05) is 20.3 Å². The van der Waals surface area contributed by atoms with Gasteiger partial charge in [0, 0.05) is 29.9 Å². The fourth-order valence-electron chi connectivity index (χ4n) is 2.90. The second-order valence-corrected chi connectivity index (χ2v) is 7.11. The van der Waals surface area contributed by atoms with E-state index in [0.29, 0.717) is 42.3 Å². The third kappa shape index (κ3) is 6.31. The van der Waals surface area contributed by atoms with E-state index in [2.05, 4.69) is 35.4 Å². The molecule has 1 N–H and O–H groups in total. The molecule has 0 aliphatic rings. The fourth-order valence-corrected chi connectivity index (χ4v) is 2.90. The third-order valence-electron chi connectivity index (χ3n) is 4.82. The minimum Gasteiger partial charge on any atom is -0.493 e. The summed E-state index contributed by atoms with van der Waals surface area (Å²) in [7, 11) is 1.58. The zero-order valence-corrected chi connectivity index (χ0v) is 18.5. The average molecular weight is 434 g/mol. The number of para-hydroxylation sites is 1. The minimum atomic E-state index is -0.322. The van der Waals surface area contributed by atoms with Crippen LogP contribution in [0.5, 0.6) is 17.2 Å². The van der Waals surface area contributed by atoms with Crippen molar-refractivity contribution < 1.29 is 19.0 Å². The summed E-state index contributed by atoms with van der Waals surface area (Å²) < 4.78 is 17.2. The predicted molar refractivity (Wildman–Crippen MR) is 124 cm³/mol. The summed E-state index contributed by atoms with van der Waals surface area (Å²) in [4.78, 5) is 16.0.